The largest absolute Gasteiger partial charge is 0.507 e. The summed E-state index contributed by atoms with van der Waals surface area (Å²) in [6.07, 6.45) is 6.82. The van der Waals surface area contributed by atoms with Crippen LogP contribution in [0.25, 0.3) is 5.76 Å². The van der Waals surface area contributed by atoms with E-state index in [0.717, 1.165) is 37.2 Å². The number of pyridine rings is 1. The summed E-state index contributed by atoms with van der Waals surface area (Å²) in [6.45, 7) is 8.24. The molecule has 0 radical (unpaired) electrons. The van der Waals surface area contributed by atoms with Crippen molar-refractivity contribution >= 4 is 28.8 Å². The van der Waals surface area contributed by atoms with Crippen molar-refractivity contribution < 1.29 is 19.4 Å². The lowest BCUT2D eigenvalue weighted by Crippen LogP contribution is -2.30. The van der Waals surface area contributed by atoms with Gasteiger partial charge in [-0.25, -0.2) is 0 Å². The summed E-state index contributed by atoms with van der Waals surface area (Å²) in [6, 6.07) is 16.0. The molecule has 3 aromatic rings. The molecule has 2 aromatic carbocycles. The van der Waals surface area contributed by atoms with Gasteiger partial charge in [0.25, 0.3) is 11.7 Å². The number of benzene rings is 2. The summed E-state index contributed by atoms with van der Waals surface area (Å²) in [5, 5.41) is 11.7. The van der Waals surface area contributed by atoms with Crippen molar-refractivity contribution in [1.29, 1.82) is 0 Å². The van der Waals surface area contributed by atoms with E-state index in [4.69, 9.17) is 4.74 Å². The number of piperidine rings is 1. The molecule has 3 heterocycles. The lowest BCUT2D eigenvalue weighted by atomic mass is 9.85. The normalized spacial score (nSPS) is 19.4. The maximum absolute atomic E-state index is 13.6. The quantitative estimate of drug-likeness (QED) is 0.250. The summed E-state index contributed by atoms with van der Waals surface area (Å²) in [5.41, 5.74) is 3.53. The molecule has 0 spiro atoms. The minimum absolute atomic E-state index is 0.0238. The predicted molar refractivity (Wildman–Crippen MR) is 153 cm³/mol. The number of aliphatic hydroxyl groups is 1. The van der Waals surface area contributed by atoms with Crippen LogP contribution >= 0.6 is 0 Å². The minimum Gasteiger partial charge on any atom is -0.507 e. The van der Waals surface area contributed by atoms with Crippen molar-refractivity contribution in [1.82, 2.24) is 4.98 Å². The molecule has 39 heavy (non-hydrogen) atoms. The van der Waals surface area contributed by atoms with Crippen molar-refractivity contribution in [3.63, 3.8) is 0 Å². The molecule has 1 aromatic heterocycles. The van der Waals surface area contributed by atoms with E-state index in [0.29, 0.717) is 22.6 Å². The van der Waals surface area contributed by atoms with E-state index < -0.39 is 17.7 Å². The summed E-state index contributed by atoms with van der Waals surface area (Å²) < 4.78 is 5.56. The van der Waals surface area contributed by atoms with Gasteiger partial charge in [-0.3, -0.25) is 19.5 Å². The SMILES string of the molecule is COc1ccc(C(C)(C)C)cc1/C(O)=C1\C(=O)C(=O)N(c2ccc(N3CCCCC3)cc2)C1c1ccncc1. The minimum atomic E-state index is -0.822. The van der Waals surface area contributed by atoms with E-state index in [-0.39, 0.29) is 16.7 Å². The van der Waals surface area contributed by atoms with Gasteiger partial charge in [-0.15, -0.1) is 0 Å². The number of aliphatic hydroxyl groups excluding tert-OH is 1. The average Bonchev–Trinajstić information content (AvgIpc) is 3.22. The van der Waals surface area contributed by atoms with Crippen LogP contribution in [0, 0.1) is 0 Å². The summed E-state index contributed by atoms with van der Waals surface area (Å²) in [5.74, 6) is -1.26. The highest BCUT2D eigenvalue weighted by Gasteiger charge is 2.47. The molecule has 7 heteroatoms. The van der Waals surface area contributed by atoms with Gasteiger partial charge in [0.2, 0.25) is 0 Å². The second-order valence-corrected chi connectivity index (χ2v) is 11.2. The van der Waals surface area contributed by atoms with E-state index in [2.05, 4.69) is 30.7 Å². The second kappa shape index (κ2) is 10.6. The molecule has 0 aliphatic carbocycles. The highest BCUT2D eigenvalue weighted by molar-refractivity contribution is 6.51. The molecule has 0 bridgehead atoms. The summed E-state index contributed by atoms with van der Waals surface area (Å²) in [7, 11) is 1.52. The number of ether oxygens (including phenoxy) is 1. The Bertz CT molecular complexity index is 1400. The number of methoxy groups -OCH3 is 1. The molecule has 2 aliphatic heterocycles. The molecule has 0 saturated carbocycles. The fourth-order valence-electron chi connectivity index (χ4n) is 5.44. The van der Waals surface area contributed by atoms with Crippen molar-refractivity contribution in [3.8, 4) is 5.75 Å². The number of carbonyl (C=O) groups excluding carboxylic acids is 2. The third-order valence-electron chi connectivity index (χ3n) is 7.64. The third kappa shape index (κ3) is 5.01. The third-order valence-corrected chi connectivity index (χ3v) is 7.64. The molecule has 202 valence electrons. The van der Waals surface area contributed by atoms with Crippen LogP contribution in [0.2, 0.25) is 0 Å². The molecular formula is C32H35N3O4. The second-order valence-electron chi connectivity index (χ2n) is 11.2. The zero-order valence-electron chi connectivity index (χ0n) is 23.0. The highest BCUT2D eigenvalue weighted by atomic mass is 16.5. The van der Waals surface area contributed by atoms with Gasteiger partial charge in [-0.2, -0.15) is 0 Å². The zero-order valence-corrected chi connectivity index (χ0v) is 23.0. The fraction of sp³-hybridized carbons (Fsp3) is 0.344. The van der Waals surface area contributed by atoms with Crippen LogP contribution in [-0.4, -0.2) is 42.0 Å². The standard InChI is InChI=1S/C32H35N3O4/c1-32(2,3)22-8-13-26(39-4)25(20-22)29(36)27-28(21-14-16-33-17-15-21)35(31(38)30(27)37)24-11-9-23(10-12-24)34-18-6-5-7-19-34/h8-17,20,28,36H,5-7,18-19H2,1-4H3/b29-27+. The lowest BCUT2D eigenvalue weighted by molar-refractivity contribution is -0.132. The van der Waals surface area contributed by atoms with E-state index in [1.165, 1.54) is 18.4 Å². The predicted octanol–water partition coefficient (Wildman–Crippen LogP) is 6.00. The number of anilines is 2. The summed E-state index contributed by atoms with van der Waals surface area (Å²) >= 11 is 0. The molecule has 7 nitrogen and oxygen atoms in total. The first-order valence-corrected chi connectivity index (χ1v) is 13.5. The highest BCUT2D eigenvalue weighted by Crippen LogP contribution is 2.44. The van der Waals surface area contributed by atoms with Crippen LogP contribution < -0.4 is 14.5 Å². The molecule has 2 aliphatic rings. The topological polar surface area (TPSA) is 83.0 Å². The Balaban J connectivity index is 1.64. The first kappa shape index (κ1) is 26.5. The van der Waals surface area contributed by atoms with Crippen LogP contribution in [-0.2, 0) is 15.0 Å². The van der Waals surface area contributed by atoms with Crippen molar-refractivity contribution in [3.05, 3.63) is 89.3 Å². The van der Waals surface area contributed by atoms with Crippen LogP contribution in [0.4, 0.5) is 11.4 Å². The Morgan fingerprint density at radius 2 is 1.56 bits per heavy atom. The first-order valence-electron chi connectivity index (χ1n) is 13.5. The zero-order chi connectivity index (χ0) is 27.7. The van der Waals surface area contributed by atoms with Gasteiger partial charge in [-0.1, -0.05) is 26.8 Å². The Morgan fingerprint density at radius 1 is 0.923 bits per heavy atom. The molecule has 1 atom stereocenters. The van der Waals surface area contributed by atoms with Gasteiger partial charge >= 0.3 is 0 Å². The van der Waals surface area contributed by atoms with E-state index in [9.17, 15) is 14.7 Å². The number of nitrogens with zero attached hydrogens (tertiary/aromatic N) is 3. The molecule has 1 amide bonds. The average molecular weight is 526 g/mol. The van der Waals surface area contributed by atoms with Crippen molar-refractivity contribution in [2.45, 2.75) is 51.5 Å². The van der Waals surface area contributed by atoms with Crippen LogP contribution in [0.1, 0.15) is 62.8 Å². The van der Waals surface area contributed by atoms with E-state index >= 15 is 0 Å². The number of carbonyl (C=O) groups is 2. The van der Waals surface area contributed by atoms with Gasteiger partial charge in [0.15, 0.2) is 0 Å². The number of hydrogen-bond donors (Lipinski definition) is 1. The number of aromatic nitrogens is 1. The Kier molecular flexibility index (Phi) is 7.17. The Labute approximate surface area is 229 Å². The van der Waals surface area contributed by atoms with Gasteiger partial charge in [0.1, 0.15) is 11.5 Å². The molecule has 2 fully saturated rings. The Morgan fingerprint density at radius 3 is 2.18 bits per heavy atom. The molecule has 1 N–H and O–H groups in total. The van der Waals surface area contributed by atoms with E-state index in [1.807, 2.05) is 36.4 Å². The lowest BCUT2D eigenvalue weighted by Gasteiger charge is -2.30. The number of amides is 1. The number of hydrogen-bond acceptors (Lipinski definition) is 6. The molecular weight excluding hydrogens is 490 g/mol. The molecule has 5 rings (SSSR count). The smallest absolute Gasteiger partial charge is 0.300 e. The van der Waals surface area contributed by atoms with Crippen LogP contribution in [0.15, 0.2) is 72.6 Å². The van der Waals surface area contributed by atoms with Crippen LogP contribution in [0.3, 0.4) is 0 Å². The summed E-state index contributed by atoms with van der Waals surface area (Å²) in [4.78, 5) is 35.1. The van der Waals surface area contributed by atoms with Gasteiger partial charge in [0, 0.05) is 36.9 Å². The van der Waals surface area contributed by atoms with E-state index in [1.54, 1.807) is 30.6 Å². The van der Waals surface area contributed by atoms with Gasteiger partial charge in [0.05, 0.1) is 24.3 Å². The molecule has 2 saturated heterocycles. The monoisotopic (exact) mass is 525 g/mol. The number of rotatable bonds is 5. The van der Waals surface area contributed by atoms with Crippen molar-refractivity contribution in [2.75, 3.05) is 30.0 Å². The fourth-order valence-corrected chi connectivity index (χ4v) is 5.44. The number of Topliss-reactive ketones (excluding diaryl/α,β-unsaturated/α-hetero) is 1. The Hall–Kier alpha value is -4.13. The van der Waals surface area contributed by atoms with Gasteiger partial charge < -0.3 is 14.7 Å². The maximum Gasteiger partial charge on any atom is 0.300 e. The van der Waals surface area contributed by atoms with Crippen LogP contribution in [0.5, 0.6) is 5.75 Å². The maximum atomic E-state index is 13.6. The number of ketones is 1. The first-order chi connectivity index (χ1) is 18.7. The molecule has 1 unspecified atom stereocenters. The van der Waals surface area contributed by atoms with Crippen molar-refractivity contribution in [2.24, 2.45) is 0 Å². The van der Waals surface area contributed by atoms with Gasteiger partial charge in [-0.05, 0) is 84.3 Å².